The van der Waals surface area contributed by atoms with Crippen LogP contribution in [0.15, 0.2) is 24.4 Å². The molecule has 0 bridgehead atoms. The van der Waals surface area contributed by atoms with E-state index < -0.39 is 0 Å². The zero-order valence-electron chi connectivity index (χ0n) is 11.4. The minimum atomic E-state index is 0.652. The third-order valence-corrected chi connectivity index (χ3v) is 3.14. The van der Waals surface area contributed by atoms with Crippen LogP contribution in [0.4, 0.5) is 0 Å². The molecule has 0 aromatic carbocycles. The first-order valence-electron chi connectivity index (χ1n) is 6.87. The molecule has 0 aliphatic rings. The van der Waals surface area contributed by atoms with Crippen LogP contribution in [0.25, 0.3) is 0 Å². The van der Waals surface area contributed by atoms with Gasteiger partial charge in [-0.2, -0.15) is 0 Å². The van der Waals surface area contributed by atoms with E-state index in [0.717, 1.165) is 13.0 Å². The van der Waals surface area contributed by atoms with Gasteiger partial charge in [0.25, 0.3) is 0 Å². The van der Waals surface area contributed by atoms with Crippen molar-refractivity contribution in [1.82, 2.24) is 10.3 Å². The van der Waals surface area contributed by atoms with E-state index in [9.17, 15) is 0 Å². The standard InChI is InChI=1S/C15H26N2/c1-4-11-17-15(13(2)3)10-7-9-14-8-5-6-12-16-14/h5-6,8,12-13,15,17H,4,7,9-11H2,1-3H3. The fourth-order valence-electron chi connectivity index (χ4n) is 2.05. The summed E-state index contributed by atoms with van der Waals surface area (Å²) in [6.45, 7) is 7.95. The lowest BCUT2D eigenvalue weighted by molar-refractivity contribution is 0.370. The molecular formula is C15H26N2. The monoisotopic (exact) mass is 234 g/mol. The summed E-state index contributed by atoms with van der Waals surface area (Å²) in [4.78, 5) is 4.36. The number of aromatic nitrogens is 1. The molecule has 0 spiro atoms. The molecule has 1 heterocycles. The summed E-state index contributed by atoms with van der Waals surface area (Å²) < 4.78 is 0. The number of nitrogens with one attached hydrogen (secondary N) is 1. The second-order valence-electron chi connectivity index (χ2n) is 5.02. The molecule has 96 valence electrons. The fourth-order valence-corrected chi connectivity index (χ4v) is 2.05. The average molecular weight is 234 g/mol. The van der Waals surface area contributed by atoms with Crippen molar-refractivity contribution >= 4 is 0 Å². The Balaban J connectivity index is 2.27. The first kappa shape index (κ1) is 14.2. The van der Waals surface area contributed by atoms with E-state index in [2.05, 4.69) is 43.2 Å². The van der Waals surface area contributed by atoms with Crippen molar-refractivity contribution in [2.45, 2.75) is 52.5 Å². The highest BCUT2D eigenvalue weighted by Crippen LogP contribution is 2.11. The molecule has 1 unspecified atom stereocenters. The predicted molar refractivity (Wildman–Crippen MR) is 74.1 cm³/mol. The lowest BCUT2D eigenvalue weighted by Gasteiger charge is -2.22. The number of nitrogens with zero attached hydrogens (tertiary/aromatic N) is 1. The van der Waals surface area contributed by atoms with Gasteiger partial charge in [0.15, 0.2) is 0 Å². The highest BCUT2D eigenvalue weighted by atomic mass is 14.9. The number of hydrogen-bond donors (Lipinski definition) is 1. The summed E-state index contributed by atoms with van der Waals surface area (Å²) in [7, 11) is 0. The lowest BCUT2D eigenvalue weighted by Crippen LogP contribution is -2.34. The van der Waals surface area contributed by atoms with E-state index in [0.29, 0.717) is 12.0 Å². The van der Waals surface area contributed by atoms with E-state index in [-0.39, 0.29) is 0 Å². The zero-order valence-corrected chi connectivity index (χ0v) is 11.4. The molecule has 0 aliphatic carbocycles. The van der Waals surface area contributed by atoms with E-state index >= 15 is 0 Å². The van der Waals surface area contributed by atoms with Gasteiger partial charge in [-0.15, -0.1) is 0 Å². The summed E-state index contributed by atoms with van der Waals surface area (Å²) in [5, 5.41) is 3.63. The van der Waals surface area contributed by atoms with E-state index in [4.69, 9.17) is 0 Å². The molecule has 0 aliphatic heterocycles. The molecule has 0 amide bonds. The second kappa shape index (κ2) is 8.24. The van der Waals surface area contributed by atoms with Crippen LogP contribution in [-0.2, 0) is 6.42 Å². The predicted octanol–water partition coefficient (Wildman–Crippen LogP) is 3.43. The largest absolute Gasteiger partial charge is 0.314 e. The number of aryl methyl sites for hydroxylation is 1. The Labute approximate surface area is 106 Å². The maximum atomic E-state index is 4.36. The fraction of sp³-hybridized carbons (Fsp3) is 0.667. The van der Waals surface area contributed by atoms with Gasteiger partial charge in [0, 0.05) is 17.9 Å². The average Bonchev–Trinajstić information content (AvgIpc) is 2.34. The van der Waals surface area contributed by atoms with Gasteiger partial charge >= 0.3 is 0 Å². The quantitative estimate of drug-likeness (QED) is 0.745. The lowest BCUT2D eigenvalue weighted by atomic mass is 9.97. The highest BCUT2D eigenvalue weighted by molar-refractivity contribution is 5.03. The molecule has 0 radical (unpaired) electrons. The van der Waals surface area contributed by atoms with Crippen LogP contribution < -0.4 is 5.32 Å². The number of hydrogen-bond acceptors (Lipinski definition) is 2. The summed E-state index contributed by atoms with van der Waals surface area (Å²) in [5.41, 5.74) is 1.21. The van der Waals surface area contributed by atoms with E-state index in [1.165, 1.54) is 25.0 Å². The van der Waals surface area contributed by atoms with Crippen LogP contribution in [0, 0.1) is 5.92 Å². The molecule has 1 aromatic heterocycles. The molecule has 0 saturated heterocycles. The molecular weight excluding hydrogens is 208 g/mol. The van der Waals surface area contributed by atoms with Gasteiger partial charge in [-0.05, 0) is 50.3 Å². The SMILES string of the molecule is CCCNC(CCCc1ccccn1)C(C)C. The number of pyridine rings is 1. The normalized spacial score (nSPS) is 12.9. The Morgan fingerprint density at radius 1 is 1.29 bits per heavy atom. The first-order valence-corrected chi connectivity index (χ1v) is 6.87. The third-order valence-electron chi connectivity index (χ3n) is 3.14. The van der Waals surface area contributed by atoms with Crippen molar-refractivity contribution < 1.29 is 0 Å². The molecule has 0 saturated carbocycles. The Hall–Kier alpha value is -0.890. The smallest absolute Gasteiger partial charge is 0.0403 e. The minimum Gasteiger partial charge on any atom is -0.314 e. The van der Waals surface area contributed by atoms with Gasteiger partial charge in [-0.1, -0.05) is 26.8 Å². The van der Waals surface area contributed by atoms with Crippen molar-refractivity contribution in [3.8, 4) is 0 Å². The second-order valence-corrected chi connectivity index (χ2v) is 5.02. The van der Waals surface area contributed by atoms with E-state index in [1.54, 1.807) is 0 Å². The van der Waals surface area contributed by atoms with Crippen molar-refractivity contribution in [3.05, 3.63) is 30.1 Å². The highest BCUT2D eigenvalue weighted by Gasteiger charge is 2.11. The summed E-state index contributed by atoms with van der Waals surface area (Å²) in [6, 6.07) is 6.81. The molecule has 1 atom stereocenters. The topological polar surface area (TPSA) is 24.9 Å². The van der Waals surface area contributed by atoms with Crippen molar-refractivity contribution in [2.75, 3.05) is 6.54 Å². The van der Waals surface area contributed by atoms with Gasteiger partial charge in [-0.3, -0.25) is 4.98 Å². The van der Waals surface area contributed by atoms with Crippen LogP contribution in [0.5, 0.6) is 0 Å². The Morgan fingerprint density at radius 3 is 2.71 bits per heavy atom. The van der Waals surface area contributed by atoms with E-state index in [1.807, 2.05) is 12.3 Å². The van der Waals surface area contributed by atoms with Crippen molar-refractivity contribution in [1.29, 1.82) is 0 Å². The number of rotatable bonds is 8. The molecule has 2 nitrogen and oxygen atoms in total. The molecule has 0 fully saturated rings. The van der Waals surface area contributed by atoms with Gasteiger partial charge in [0.1, 0.15) is 0 Å². The molecule has 17 heavy (non-hydrogen) atoms. The maximum absolute atomic E-state index is 4.36. The molecule has 2 heteroatoms. The maximum Gasteiger partial charge on any atom is 0.0403 e. The first-order chi connectivity index (χ1) is 8.24. The minimum absolute atomic E-state index is 0.652. The summed E-state index contributed by atoms with van der Waals surface area (Å²) in [5.74, 6) is 0.713. The van der Waals surface area contributed by atoms with Crippen LogP contribution in [0.2, 0.25) is 0 Å². The Morgan fingerprint density at radius 2 is 2.12 bits per heavy atom. The molecule has 1 N–H and O–H groups in total. The molecule has 1 rings (SSSR count). The van der Waals surface area contributed by atoms with Crippen LogP contribution >= 0.6 is 0 Å². The van der Waals surface area contributed by atoms with Gasteiger partial charge in [-0.25, -0.2) is 0 Å². The molecule has 1 aromatic rings. The zero-order chi connectivity index (χ0) is 12.5. The van der Waals surface area contributed by atoms with Crippen molar-refractivity contribution in [3.63, 3.8) is 0 Å². The third kappa shape index (κ3) is 5.83. The van der Waals surface area contributed by atoms with Crippen molar-refractivity contribution in [2.24, 2.45) is 5.92 Å². The van der Waals surface area contributed by atoms with Gasteiger partial charge in [0.05, 0.1) is 0 Å². The van der Waals surface area contributed by atoms with Crippen LogP contribution in [0.3, 0.4) is 0 Å². The summed E-state index contributed by atoms with van der Waals surface area (Å²) in [6.07, 6.45) is 6.65. The van der Waals surface area contributed by atoms with Gasteiger partial charge < -0.3 is 5.32 Å². The summed E-state index contributed by atoms with van der Waals surface area (Å²) >= 11 is 0. The van der Waals surface area contributed by atoms with Crippen LogP contribution in [-0.4, -0.2) is 17.6 Å². The van der Waals surface area contributed by atoms with Crippen LogP contribution in [0.1, 0.15) is 45.7 Å². The van der Waals surface area contributed by atoms with Gasteiger partial charge in [0.2, 0.25) is 0 Å². The Bertz CT molecular complexity index is 282. The Kier molecular flexibility index (Phi) is 6.87.